The number of benzene rings is 1. The van der Waals surface area contributed by atoms with E-state index in [1.165, 1.54) is 44.1 Å². The van der Waals surface area contributed by atoms with E-state index in [1.807, 2.05) is 12.1 Å². The van der Waals surface area contributed by atoms with Crippen LogP contribution in [0.15, 0.2) is 24.3 Å². The summed E-state index contributed by atoms with van der Waals surface area (Å²) in [6.07, 6.45) is 9.44. The second-order valence-corrected chi connectivity index (χ2v) is 5.81. The monoisotopic (exact) mass is 261 g/mol. The molecule has 1 atom stereocenters. The van der Waals surface area contributed by atoms with E-state index in [2.05, 4.69) is 24.4 Å². The van der Waals surface area contributed by atoms with Crippen LogP contribution in [0.4, 0.5) is 0 Å². The Morgan fingerprint density at radius 2 is 1.74 bits per heavy atom. The minimum Gasteiger partial charge on any atom is -0.497 e. The van der Waals surface area contributed by atoms with Gasteiger partial charge in [-0.05, 0) is 43.9 Å². The zero-order valence-electron chi connectivity index (χ0n) is 12.3. The normalized spacial score (nSPS) is 18.8. The van der Waals surface area contributed by atoms with Gasteiger partial charge in [-0.2, -0.15) is 0 Å². The Labute approximate surface area is 117 Å². The zero-order valence-corrected chi connectivity index (χ0v) is 12.3. The number of nitrogens with one attached hydrogen (secondary N) is 1. The Hall–Kier alpha value is -1.02. The van der Waals surface area contributed by atoms with Gasteiger partial charge in [0.15, 0.2) is 0 Å². The van der Waals surface area contributed by atoms with Crippen molar-refractivity contribution in [3.8, 4) is 5.75 Å². The summed E-state index contributed by atoms with van der Waals surface area (Å²) in [6, 6.07) is 9.72. The number of ether oxygens (including phenoxy) is 1. The lowest BCUT2D eigenvalue weighted by atomic mass is 10.0. The van der Waals surface area contributed by atoms with Gasteiger partial charge in [-0.3, -0.25) is 0 Å². The summed E-state index contributed by atoms with van der Waals surface area (Å²) in [5.74, 6) is 0.938. The molecule has 1 fully saturated rings. The summed E-state index contributed by atoms with van der Waals surface area (Å²) in [5.41, 5.74) is 1.38. The predicted molar refractivity (Wildman–Crippen MR) is 80.8 cm³/mol. The fraction of sp³-hybridized carbons (Fsp3) is 0.647. The van der Waals surface area contributed by atoms with Crippen molar-refractivity contribution in [3.05, 3.63) is 29.8 Å². The van der Waals surface area contributed by atoms with Gasteiger partial charge >= 0.3 is 0 Å². The molecule has 0 aromatic heterocycles. The van der Waals surface area contributed by atoms with Crippen molar-refractivity contribution in [2.75, 3.05) is 7.11 Å². The SMILES string of the molecule is COc1ccc(C[C@H](C)NC2CCCCCC2)cc1. The van der Waals surface area contributed by atoms with Crippen molar-refractivity contribution in [1.29, 1.82) is 0 Å². The van der Waals surface area contributed by atoms with Crippen LogP contribution in [-0.2, 0) is 6.42 Å². The van der Waals surface area contributed by atoms with Crippen LogP contribution in [0.3, 0.4) is 0 Å². The molecule has 2 heteroatoms. The van der Waals surface area contributed by atoms with Crippen LogP contribution in [0, 0.1) is 0 Å². The lowest BCUT2D eigenvalue weighted by molar-refractivity contribution is 0.404. The maximum Gasteiger partial charge on any atom is 0.118 e. The summed E-state index contributed by atoms with van der Waals surface area (Å²) in [6.45, 7) is 2.30. The molecule has 1 aliphatic carbocycles. The molecular formula is C17H27NO. The van der Waals surface area contributed by atoms with E-state index in [-0.39, 0.29) is 0 Å². The Morgan fingerprint density at radius 3 is 2.32 bits per heavy atom. The molecule has 1 N–H and O–H groups in total. The van der Waals surface area contributed by atoms with Crippen LogP contribution >= 0.6 is 0 Å². The highest BCUT2D eigenvalue weighted by molar-refractivity contribution is 5.27. The predicted octanol–water partition coefficient (Wildman–Crippen LogP) is 3.94. The molecule has 0 unspecified atom stereocenters. The summed E-state index contributed by atoms with van der Waals surface area (Å²) < 4.78 is 5.19. The summed E-state index contributed by atoms with van der Waals surface area (Å²) in [5, 5.41) is 3.80. The highest BCUT2D eigenvalue weighted by atomic mass is 16.5. The van der Waals surface area contributed by atoms with E-state index >= 15 is 0 Å². The van der Waals surface area contributed by atoms with Crippen molar-refractivity contribution in [1.82, 2.24) is 5.32 Å². The quantitative estimate of drug-likeness (QED) is 0.811. The van der Waals surface area contributed by atoms with Gasteiger partial charge in [0.25, 0.3) is 0 Å². The summed E-state index contributed by atoms with van der Waals surface area (Å²) in [7, 11) is 1.71. The third-order valence-corrected chi connectivity index (χ3v) is 4.08. The fourth-order valence-corrected chi connectivity index (χ4v) is 3.02. The van der Waals surface area contributed by atoms with Crippen molar-refractivity contribution in [2.45, 2.75) is 64.0 Å². The van der Waals surface area contributed by atoms with Crippen LogP contribution < -0.4 is 10.1 Å². The van der Waals surface area contributed by atoms with Gasteiger partial charge in [-0.1, -0.05) is 37.8 Å². The van der Waals surface area contributed by atoms with E-state index in [0.29, 0.717) is 6.04 Å². The molecule has 1 aromatic rings. The van der Waals surface area contributed by atoms with Crippen LogP contribution in [0.5, 0.6) is 5.75 Å². The first-order chi connectivity index (χ1) is 9.28. The molecule has 0 bridgehead atoms. The van der Waals surface area contributed by atoms with Crippen molar-refractivity contribution in [2.24, 2.45) is 0 Å². The largest absolute Gasteiger partial charge is 0.497 e. The Bertz CT molecular complexity index is 352. The van der Waals surface area contributed by atoms with Crippen LogP contribution in [0.1, 0.15) is 51.0 Å². The third-order valence-electron chi connectivity index (χ3n) is 4.08. The summed E-state index contributed by atoms with van der Waals surface area (Å²) in [4.78, 5) is 0. The number of hydrogen-bond acceptors (Lipinski definition) is 2. The first kappa shape index (κ1) is 14.4. The Morgan fingerprint density at radius 1 is 1.11 bits per heavy atom. The van der Waals surface area contributed by atoms with Gasteiger partial charge < -0.3 is 10.1 Å². The molecule has 1 aliphatic rings. The lowest BCUT2D eigenvalue weighted by Gasteiger charge is -2.22. The van der Waals surface area contributed by atoms with E-state index in [4.69, 9.17) is 4.74 Å². The average Bonchev–Trinajstić information content (AvgIpc) is 2.68. The number of methoxy groups -OCH3 is 1. The minimum atomic E-state index is 0.552. The molecule has 1 saturated carbocycles. The summed E-state index contributed by atoms with van der Waals surface area (Å²) >= 11 is 0. The van der Waals surface area contributed by atoms with Crippen molar-refractivity contribution < 1.29 is 4.74 Å². The minimum absolute atomic E-state index is 0.552. The number of rotatable bonds is 5. The molecule has 2 rings (SSSR count). The van der Waals surface area contributed by atoms with E-state index in [9.17, 15) is 0 Å². The molecule has 0 heterocycles. The number of hydrogen-bond donors (Lipinski definition) is 1. The molecule has 19 heavy (non-hydrogen) atoms. The first-order valence-electron chi connectivity index (χ1n) is 7.67. The average molecular weight is 261 g/mol. The van der Waals surface area contributed by atoms with Gasteiger partial charge in [0, 0.05) is 12.1 Å². The fourth-order valence-electron chi connectivity index (χ4n) is 3.02. The van der Waals surface area contributed by atoms with Gasteiger partial charge in [-0.25, -0.2) is 0 Å². The maximum atomic E-state index is 5.19. The zero-order chi connectivity index (χ0) is 13.5. The van der Waals surface area contributed by atoms with E-state index in [1.54, 1.807) is 7.11 Å². The molecule has 0 aliphatic heterocycles. The molecule has 0 radical (unpaired) electrons. The van der Waals surface area contributed by atoms with Gasteiger partial charge in [-0.15, -0.1) is 0 Å². The second kappa shape index (κ2) is 7.54. The highest BCUT2D eigenvalue weighted by Gasteiger charge is 2.14. The molecule has 1 aromatic carbocycles. The molecular weight excluding hydrogens is 234 g/mol. The highest BCUT2D eigenvalue weighted by Crippen LogP contribution is 2.18. The smallest absolute Gasteiger partial charge is 0.118 e. The topological polar surface area (TPSA) is 21.3 Å². The molecule has 0 amide bonds. The molecule has 0 spiro atoms. The van der Waals surface area contributed by atoms with E-state index < -0.39 is 0 Å². The standard InChI is InChI=1S/C17H27NO/c1-14(18-16-7-5-3-4-6-8-16)13-15-9-11-17(19-2)12-10-15/h9-12,14,16,18H,3-8,13H2,1-2H3/t14-/m0/s1. The van der Waals surface area contributed by atoms with Gasteiger partial charge in [0.1, 0.15) is 5.75 Å². The van der Waals surface area contributed by atoms with E-state index in [0.717, 1.165) is 18.2 Å². The molecule has 2 nitrogen and oxygen atoms in total. The van der Waals surface area contributed by atoms with Crippen LogP contribution in [0.25, 0.3) is 0 Å². The second-order valence-electron chi connectivity index (χ2n) is 5.81. The van der Waals surface area contributed by atoms with Crippen molar-refractivity contribution >= 4 is 0 Å². The Kier molecular flexibility index (Phi) is 5.71. The van der Waals surface area contributed by atoms with Crippen LogP contribution in [0.2, 0.25) is 0 Å². The van der Waals surface area contributed by atoms with Crippen LogP contribution in [-0.4, -0.2) is 19.2 Å². The first-order valence-corrected chi connectivity index (χ1v) is 7.67. The molecule has 106 valence electrons. The molecule has 0 saturated heterocycles. The van der Waals surface area contributed by atoms with Crippen molar-refractivity contribution in [3.63, 3.8) is 0 Å². The van der Waals surface area contributed by atoms with Gasteiger partial charge in [0.05, 0.1) is 7.11 Å². The lowest BCUT2D eigenvalue weighted by Crippen LogP contribution is -2.37. The Balaban J connectivity index is 1.80. The maximum absolute atomic E-state index is 5.19. The third kappa shape index (κ3) is 4.87. The van der Waals surface area contributed by atoms with Gasteiger partial charge in [0.2, 0.25) is 0 Å².